The summed E-state index contributed by atoms with van der Waals surface area (Å²) < 4.78 is 52.2. The molecule has 30 heavy (non-hydrogen) atoms. The van der Waals surface area contributed by atoms with Gasteiger partial charge in [-0.2, -0.15) is 0 Å². The molecular formula is C21H24F2N2O3S2. The number of aryl methyl sites for hydroxylation is 1. The number of sulfone groups is 1. The van der Waals surface area contributed by atoms with Crippen LogP contribution in [0.25, 0.3) is 0 Å². The first-order valence-corrected chi connectivity index (χ1v) is 12.5. The summed E-state index contributed by atoms with van der Waals surface area (Å²) in [7, 11) is -3.32. The van der Waals surface area contributed by atoms with E-state index in [1.807, 2.05) is 6.92 Å². The summed E-state index contributed by atoms with van der Waals surface area (Å²) in [5.74, 6) is -1.20. The number of aromatic nitrogens is 1. The maximum absolute atomic E-state index is 13.7. The molecule has 2 aromatic rings. The molecule has 0 bridgehead atoms. The highest BCUT2D eigenvalue weighted by molar-refractivity contribution is 7.92. The molecule has 1 heterocycles. The van der Waals surface area contributed by atoms with Crippen molar-refractivity contribution in [3.05, 3.63) is 40.9 Å². The van der Waals surface area contributed by atoms with Gasteiger partial charge in [0, 0.05) is 11.1 Å². The van der Waals surface area contributed by atoms with E-state index in [1.165, 1.54) is 23.5 Å². The third kappa shape index (κ3) is 4.56. The largest absolute Gasteiger partial charge is 0.301 e. The van der Waals surface area contributed by atoms with E-state index < -0.39 is 28.1 Å². The molecule has 0 saturated heterocycles. The van der Waals surface area contributed by atoms with Crippen LogP contribution in [0.5, 0.6) is 0 Å². The number of nitrogens with one attached hydrogen (secondary N) is 1. The van der Waals surface area contributed by atoms with Gasteiger partial charge in [-0.05, 0) is 62.6 Å². The maximum atomic E-state index is 13.7. The Labute approximate surface area is 178 Å². The van der Waals surface area contributed by atoms with E-state index in [2.05, 4.69) is 10.3 Å². The first-order valence-electron chi connectivity index (χ1n) is 10.1. The summed E-state index contributed by atoms with van der Waals surface area (Å²) in [5.41, 5.74) is 0.633. The number of hydrogen-bond acceptors (Lipinski definition) is 5. The van der Waals surface area contributed by atoms with Crippen molar-refractivity contribution in [2.75, 3.05) is 5.32 Å². The van der Waals surface area contributed by atoms with Crippen LogP contribution in [-0.4, -0.2) is 36.9 Å². The Morgan fingerprint density at radius 2 is 1.83 bits per heavy atom. The molecule has 0 spiro atoms. The van der Waals surface area contributed by atoms with Gasteiger partial charge in [0.1, 0.15) is 12.3 Å². The number of carbonyl (C=O) groups is 1. The first kappa shape index (κ1) is 21.4. The van der Waals surface area contributed by atoms with Crippen LogP contribution in [0.15, 0.2) is 35.4 Å². The monoisotopic (exact) mass is 454 g/mol. The van der Waals surface area contributed by atoms with E-state index in [4.69, 9.17) is 0 Å². The lowest BCUT2D eigenvalue weighted by Crippen LogP contribution is -2.23. The Hall–Kier alpha value is -1.87. The molecule has 2 aliphatic carbocycles. The Balaban J connectivity index is 1.56. The van der Waals surface area contributed by atoms with Gasteiger partial charge in [-0.3, -0.25) is 4.79 Å². The van der Waals surface area contributed by atoms with Crippen molar-refractivity contribution in [3.8, 4) is 0 Å². The second-order valence-corrected chi connectivity index (χ2v) is 11.7. The minimum Gasteiger partial charge on any atom is -0.301 e. The molecule has 4 rings (SSSR count). The zero-order chi connectivity index (χ0) is 21.5. The summed E-state index contributed by atoms with van der Waals surface area (Å²) in [6, 6.07) is 6.34. The fraction of sp³-hybridized carbons (Fsp3) is 0.524. The molecule has 0 aliphatic heterocycles. The Kier molecular flexibility index (Phi) is 5.94. The molecule has 1 N–H and O–H groups in total. The highest BCUT2D eigenvalue weighted by Crippen LogP contribution is 2.39. The molecule has 2 saturated carbocycles. The zero-order valence-electron chi connectivity index (χ0n) is 16.6. The predicted molar refractivity (Wildman–Crippen MR) is 112 cm³/mol. The normalized spacial score (nSPS) is 25.2. The van der Waals surface area contributed by atoms with Crippen LogP contribution >= 0.6 is 11.3 Å². The van der Waals surface area contributed by atoms with Gasteiger partial charge in [0.2, 0.25) is 5.91 Å². The number of alkyl halides is 2. The van der Waals surface area contributed by atoms with Crippen LogP contribution in [0.3, 0.4) is 0 Å². The van der Waals surface area contributed by atoms with Crippen molar-refractivity contribution < 1.29 is 22.0 Å². The van der Waals surface area contributed by atoms with Gasteiger partial charge in [-0.25, -0.2) is 22.2 Å². The molecule has 1 aromatic carbocycles. The fourth-order valence-corrected chi connectivity index (χ4v) is 6.34. The minimum absolute atomic E-state index is 0.0927. The lowest BCUT2D eigenvalue weighted by Gasteiger charge is -2.20. The van der Waals surface area contributed by atoms with Gasteiger partial charge in [0.05, 0.1) is 16.1 Å². The number of carbonyl (C=O) groups excluding carboxylic acids is 1. The van der Waals surface area contributed by atoms with E-state index in [0.29, 0.717) is 30.0 Å². The highest BCUT2D eigenvalue weighted by Gasteiger charge is 2.38. The lowest BCUT2D eigenvalue weighted by atomic mass is 9.87. The lowest BCUT2D eigenvalue weighted by molar-refractivity contribution is -0.118. The molecule has 1 aromatic heterocycles. The predicted octanol–water partition coefficient (Wildman–Crippen LogP) is 4.59. The summed E-state index contributed by atoms with van der Waals surface area (Å²) >= 11 is 1.35. The van der Waals surface area contributed by atoms with Gasteiger partial charge in [-0.15, -0.1) is 11.3 Å². The van der Waals surface area contributed by atoms with Gasteiger partial charge in [0.15, 0.2) is 15.0 Å². The minimum atomic E-state index is -3.32. The fourth-order valence-electron chi connectivity index (χ4n) is 4.01. The number of halogens is 2. The van der Waals surface area contributed by atoms with E-state index in [0.717, 1.165) is 4.88 Å². The molecule has 0 radical (unpaired) electrons. The standard InChI is InChI=1S/C21H24F2N2O3S2/c1-12-11-24-21(29-12)25-20(26)17(8-13-9-18(22)19(23)10-13)14-2-4-15(5-3-14)30(27,28)16-6-7-16/h2-5,11,13,16-19H,6-10H2,1H3,(H,24,25,26)/t13-,17-,18+,19-/m1/s1. The molecule has 2 aliphatic rings. The first-order chi connectivity index (χ1) is 14.2. The number of thiazole rings is 1. The number of hydrogen-bond donors (Lipinski definition) is 1. The second-order valence-electron chi connectivity index (χ2n) is 8.24. The van der Waals surface area contributed by atoms with E-state index in [1.54, 1.807) is 18.3 Å². The molecule has 162 valence electrons. The van der Waals surface area contributed by atoms with Crippen LogP contribution < -0.4 is 5.32 Å². The molecular weight excluding hydrogens is 430 g/mol. The average molecular weight is 455 g/mol. The highest BCUT2D eigenvalue weighted by atomic mass is 32.2. The zero-order valence-corrected chi connectivity index (χ0v) is 18.2. The number of amides is 1. The van der Waals surface area contributed by atoms with Gasteiger partial charge < -0.3 is 5.32 Å². The third-order valence-corrected chi connectivity index (χ3v) is 8.93. The van der Waals surface area contributed by atoms with Crippen molar-refractivity contribution in [2.45, 2.75) is 67.4 Å². The third-order valence-electron chi connectivity index (χ3n) is 5.82. The number of nitrogens with zero attached hydrogens (tertiary/aromatic N) is 1. The van der Waals surface area contributed by atoms with E-state index in [9.17, 15) is 22.0 Å². The maximum Gasteiger partial charge on any atom is 0.233 e. The number of benzene rings is 1. The molecule has 1 amide bonds. The van der Waals surface area contributed by atoms with Gasteiger partial charge >= 0.3 is 0 Å². The van der Waals surface area contributed by atoms with Gasteiger partial charge in [-0.1, -0.05) is 12.1 Å². The Morgan fingerprint density at radius 3 is 2.37 bits per heavy atom. The van der Waals surface area contributed by atoms with Crippen LogP contribution in [0, 0.1) is 12.8 Å². The van der Waals surface area contributed by atoms with Crippen molar-refractivity contribution in [1.29, 1.82) is 0 Å². The summed E-state index contributed by atoms with van der Waals surface area (Å²) in [6.45, 7) is 1.88. The summed E-state index contributed by atoms with van der Waals surface area (Å²) in [5, 5.41) is 2.95. The van der Waals surface area contributed by atoms with Crippen LogP contribution in [0.2, 0.25) is 0 Å². The molecule has 4 atom stereocenters. The average Bonchev–Trinajstić information content (AvgIpc) is 3.42. The molecule has 0 unspecified atom stereocenters. The van der Waals surface area contributed by atoms with Crippen LogP contribution in [0.1, 0.15) is 48.5 Å². The topological polar surface area (TPSA) is 76.1 Å². The summed E-state index contributed by atoms with van der Waals surface area (Å²) in [6.07, 6.45) is 0.511. The van der Waals surface area contributed by atoms with Crippen molar-refractivity contribution in [3.63, 3.8) is 0 Å². The van der Waals surface area contributed by atoms with Gasteiger partial charge in [0.25, 0.3) is 0 Å². The molecule has 5 nitrogen and oxygen atoms in total. The van der Waals surface area contributed by atoms with Crippen molar-refractivity contribution in [1.82, 2.24) is 4.98 Å². The van der Waals surface area contributed by atoms with E-state index in [-0.39, 0.29) is 34.8 Å². The smallest absolute Gasteiger partial charge is 0.233 e. The van der Waals surface area contributed by atoms with Crippen molar-refractivity contribution >= 4 is 32.2 Å². The second kappa shape index (κ2) is 8.34. The molecule has 9 heteroatoms. The van der Waals surface area contributed by atoms with E-state index >= 15 is 0 Å². The van der Waals surface area contributed by atoms with Crippen LogP contribution in [0.4, 0.5) is 13.9 Å². The number of rotatable bonds is 7. The quantitative estimate of drug-likeness (QED) is 0.664. The number of anilines is 1. The van der Waals surface area contributed by atoms with Crippen molar-refractivity contribution in [2.24, 2.45) is 5.92 Å². The summed E-state index contributed by atoms with van der Waals surface area (Å²) in [4.78, 5) is 18.4. The SMILES string of the molecule is Cc1cnc(NC(=O)[C@H](C[C@H]2C[C@@H](F)[C@@H](F)C2)c2ccc(S(=O)(=O)C3CC3)cc2)s1. The van der Waals surface area contributed by atoms with Crippen LogP contribution in [-0.2, 0) is 14.6 Å². The Morgan fingerprint density at radius 1 is 1.20 bits per heavy atom. The Bertz CT molecular complexity index is 1010. The molecule has 2 fully saturated rings.